The smallest absolute Gasteiger partial charge is 0.141 e. The van der Waals surface area contributed by atoms with Crippen LogP contribution in [0, 0.1) is 11.7 Å². The van der Waals surface area contributed by atoms with Crippen molar-refractivity contribution in [3.8, 4) is 0 Å². The molecule has 0 saturated heterocycles. The third-order valence-corrected chi connectivity index (χ3v) is 3.12. The van der Waals surface area contributed by atoms with E-state index in [0.717, 1.165) is 5.56 Å². The number of hydrogen-bond donors (Lipinski definition) is 0. The monoisotopic (exact) mass is 236 g/mol. The predicted molar refractivity (Wildman–Crippen MR) is 64.3 cm³/mol. The molecule has 0 aliphatic heterocycles. The van der Waals surface area contributed by atoms with Crippen molar-refractivity contribution >= 4 is 11.6 Å². The molecule has 3 heteroatoms. The van der Waals surface area contributed by atoms with E-state index in [2.05, 4.69) is 0 Å². The summed E-state index contributed by atoms with van der Waals surface area (Å²) >= 11 is 0. The highest BCUT2D eigenvalue weighted by Crippen LogP contribution is 2.33. The maximum Gasteiger partial charge on any atom is 0.141 e. The maximum absolute atomic E-state index is 12.9. The molecule has 0 aromatic heterocycles. The number of benzene rings is 1. The highest BCUT2D eigenvalue weighted by molar-refractivity contribution is 6.01. The molecule has 0 atom stereocenters. The number of rotatable bonds is 4. The Kier molecular flexibility index (Phi) is 3.81. The first kappa shape index (κ1) is 13.6. The van der Waals surface area contributed by atoms with Crippen LogP contribution in [0.1, 0.15) is 33.3 Å². The van der Waals surface area contributed by atoms with Gasteiger partial charge in [-0.3, -0.25) is 9.59 Å². The summed E-state index contributed by atoms with van der Waals surface area (Å²) in [5.41, 5.74) is 0.167. The van der Waals surface area contributed by atoms with E-state index in [1.165, 1.54) is 26.0 Å². The van der Waals surface area contributed by atoms with Gasteiger partial charge in [-0.2, -0.15) is 0 Å². The van der Waals surface area contributed by atoms with Gasteiger partial charge in [-0.15, -0.1) is 0 Å². The molecule has 17 heavy (non-hydrogen) atoms. The second-order valence-corrected chi connectivity index (χ2v) is 4.88. The largest absolute Gasteiger partial charge is 0.299 e. The van der Waals surface area contributed by atoms with Crippen LogP contribution in [0.5, 0.6) is 0 Å². The summed E-state index contributed by atoms with van der Waals surface area (Å²) in [6.07, 6.45) is 0. The van der Waals surface area contributed by atoms with Crippen LogP contribution < -0.4 is 0 Å². The summed E-state index contributed by atoms with van der Waals surface area (Å²) in [6.45, 7) is 6.48. The van der Waals surface area contributed by atoms with E-state index in [-0.39, 0.29) is 17.4 Å². The molecule has 1 aromatic carbocycles. The fourth-order valence-corrected chi connectivity index (χ4v) is 2.35. The molecule has 0 bridgehead atoms. The minimum atomic E-state index is -0.687. The van der Waals surface area contributed by atoms with E-state index < -0.39 is 11.3 Å². The highest BCUT2D eigenvalue weighted by Gasteiger charge is 2.37. The molecule has 0 aliphatic rings. The lowest BCUT2D eigenvalue weighted by molar-refractivity contribution is -0.132. The van der Waals surface area contributed by atoms with Crippen molar-refractivity contribution in [1.82, 2.24) is 0 Å². The molecule has 1 rings (SSSR count). The molecule has 0 amide bonds. The Morgan fingerprint density at radius 3 is 1.82 bits per heavy atom. The molecular weight excluding hydrogens is 219 g/mol. The molecule has 0 heterocycles. The van der Waals surface area contributed by atoms with Crippen LogP contribution in [0.15, 0.2) is 24.3 Å². The topological polar surface area (TPSA) is 34.1 Å². The van der Waals surface area contributed by atoms with E-state index in [0.29, 0.717) is 0 Å². The van der Waals surface area contributed by atoms with Gasteiger partial charge in [0.15, 0.2) is 0 Å². The van der Waals surface area contributed by atoms with Crippen molar-refractivity contribution in [1.29, 1.82) is 0 Å². The van der Waals surface area contributed by atoms with Crippen LogP contribution >= 0.6 is 0 Å². The first-order valence-corrected chi connectivity index (χ1v) is 5.53. The van der Waals surface area contributed by atoms with Crippen LogP contribution in [0.4, 0.5) is 4.39 Å². The number of ketones is 2. The third-order valence-electron chi connectivity index (χ3n) is 3.12. The van der Waals surface area contributed by atoms with Gasteiger partial charge in [0.1, 0.15) is 17.4 Å². The first-order chi connectivity index (χ1) is 7.76. The van der Waals surface area contributed by atoms with Crippen molar-refractivity contribution in [3.05, 3.63) is 35.6 Å². The number of Topliss-reactive ketones (excluding diaryl/α,β-unsaturated/α-hetero) is 2. The second kappa shape index (κ2) is 4.78. The van der Waals surface area contributed by atoms with Gasteiger partial charge in [0.25, 0.3) is 0 Å². The lowest BCUT2D eigenvalue weighted by Gasteiger charge is -2.31. The Morgan fingerprint density at radius 1 is 1.06 bits per heavy atom. The summed E-state index contributed by atoms with van der Waals surface area (Å²) in [6, 6.07) is 5.92. The van der Waals surface area contributed by atoms with Gasteiger partial charge in [0.05, 0.1) is 5.92 Å². The SMILES string of the molecule is CC(=O)C(C(C)=O)C(C)(C)c1ccc(F)cc1. The quantitative estimate of drug-likeness (QED) is 0.753. The lowest BCUT2D eigenvalue weighted by atomic mass is 9.70. The summed E-state index contributed by atoms with van der Waals surface area (Å²) in [7, 11) is 0. The van der Waals surface area contributed by atoms with Crippen molar-refractivity contribution < 1.29 is 14.0 Å². The van der Waals surface area contributed by atoms with E-state index in [1.54, 1.807) is 12.1 Å². The maximum atomic E-state index is 12.9. The number of hydrogen-bond acceptors (Lipinski definition) is 2. The fraction of sp³-hybridized carbons (Fsp3) is 0.429. The Balaban J connectivity index is 3.20. The van der Waals surface area contributed by atoms with E-state index in [4.69, 9.17) is 0 Å². The minimum absolute atomic E-state index is 0.160. The van der Waals surface area contributed by atoms with E-state index in [1.807, 2.05) is 13.8 Å². The van der Waals surface area contributed by atoms with Crippen LogP contribution in [0.3, 0.4) is 0 Å². The fourth-order valence-electron chi connectivity index (χ4n) is 2.35. The summed E-state index contributed by atoms with van der Waals surface area (Å²) in [4.78, 5) is 23.2. The lowest BCUT2D eigenvalue weighted by Crippen LogP contribution is -2.38. The molecule has 0 fully saturated rings. The molecule has 0 saturated carbocycles. The van der Waals surface area contributed by atoms with Gasteiger partial charge in [0, 0.05) is 5.41 Å². The molecule has 1 aromatic rings. The Labute approximate surface area is 101 Å². The molecule has 0 spiro atoms. The Morgan fingerprint density at radius 2 is 1.47 bits per heavy atom. The average Bonchev–Trinajstić information content (AvgIpc) is 2.16. The summed E-state index contributed by atoms with van der Waals surface area (Å²) in [5.74, 6) is -1.33. The zero-order valence-electron chi connectivity index (χ0n) is 10.6. The number of carbonyl (C=O) groups excluding carboxylic acids is 2. The molecule has 0 N–H and O–H groups in total. The average molecular weight is 236 g/mol. The second-order valence-electron chi connectivity index (χ2n) is 4.88. The van der Waals surface area contributed by atoms with Crippen LogP contribution in [0.25, 0.3) is 0 Å². The zero-order chi connectivity index (χ0) is 13.2. The first-order valence-electron chi connectivity index (χ1n) is 5.53. The van der Waals surface area contributed by atoms with E-state index >= 15 is 0 Å². The number of halogens is 1. The third kappa shape index (κ3) is 2.78. The molecule has 0 radical (unpaired) electrons. The van der Waals surface area contributed by atoms with Gasteiger partial charge in [0.2, 0.25) is 0 Å². The summed E-state index contributed by atoms with van der Waals surface area (Å²) in [5, 5.41) is 0. The molecule has 92 valence electrons. The van der Waals surface area contributed by atoms with Crippen LogP contribution in [0.2, 0.25) is 0 Å². The van der Waals surface area contributed by atoms with Gasteiger partial charge >= 0.3 is 0 Å². The predicted octanol–water partition coefficient (Wildman–Crippen LogP) is 2.90. The normalized spacial score (nSPS) is 11.6. The highest BCUT2D eigenvalue weighted by atomic mass is 19.1. The van der Waals surface area contributed by atoms with Crippen molar-refractivity contribution in [2.75, 3.05) is 0 Å². The minimum Gasteiger partial charge on any atom is -0.299 e. The van der Waals surface area contributed by atoms with Gasteiger partial charge in [-0.25, -0.2) is 4.39 Å². The van der Waals surface area contributed by atoms with Crippen LogP contribution in [-0.4, -0.2) is 11.6 Å². The zero-order valence-corrected chi connectivity index (χ0v) is 10.6. The van der Waals surface area contributed by atoms with E-state index in [9.17, 15) is 14.0 Å². The van der Waals surface area contributed by atoms with Gasteiger partial charge in [-0.1, -0.05) is 26.0 Å². The molecule has 0 aliphatic carbocycles. The van der Waals surface area contributed by atoms with Gasteiger partial charge in [-0.05, 0) is 31.5 Å². The molecule has 0 unspecified atom stereocenters. The molecule has 2 nitrogen and oxygen atoms in total. The van der Waals surface area contributed by atoms with Crippen LogP contribution in [-0.2, 0) is 15.0 Å². The Hall–Kier alpha value is -1.51. The molecular formula is C14H17FO2. The van der Waals surface area contributed by atoms with Crippen molar-refractivity contribution in [2.45, 2.75) is 33.1 Å². The van der Waals surface area contributed by atoms with Crippen molar-refractivity contribution in [2.24, 2.45) is 5.92 Å². The van der Waals surface area contributed by atoms with Gasteiger partial charge < -0.3 is 0 Å². The van der Waals surface area contributed by atoms with Crippen molar-refractivity contribution in [3.63, 3.8) is 0 Å². The Bertz CT molecular complexity index is 418. The summed E-state index contributed by atoms with van der Waals surface area (Å²) < 4.78 is 12.9. The number of carbonyl (C=O) groups is 2. The standard InChI is InChI=1S/C14H17FO2/c1-9(16)13(10(2)17)14(3,4)11-5-7-12(15)8-6-11/h5-8,13H,1-4H3.